The standard InChI is InChI=1S/C33H39NO15/c1-16(14-35)34-20-13-22(21(44-2)11-18(20)31(41)42)48-33-29(40)28(39)26(37)24(49-33)15-47-32(43)19-12-23(45-3)27(38)30(25(19)36)46-10-9-17-7-5-4-6-8-17/h4-8,11-13,16,24,26,28-29,33-40H,9-10,14-15H2,1-3H3,(H,41,42). The van der Waals surface area contributed by atoms with Crippen LogP contribution in [0.15, 0.2) is 48.5 Å². The lowest BCUT2D eigenvalue weighted by Gasteiger charge is -2.40. The summed E-state index contributed by atoms with van der Waals surface area (Å²) in [6, 6.07) is 12.1. The van der Waals surface area contributed by atoms with E-state index in [2.05, 4.69) is 5.32 Å². The Morgan fingerprint density at radius 2 is 1.57 bits per heavy atom. The van der Waals surface area contributed by atoms with Crippen LogP contribution in [0.25, 0.3) is 0 Å². The maximum absolute atomic E-state index is 13.1. The van der Waals surface area contributed by atoms with E-state index in [0.717, 1.165) is 17.7 Å². The quantitative estimate of drug-likeness (QED) is 0.105. The number of aromatic hydroxyl groups is 2. The molecule has 3 aromatic rings. The molecule has 0 aromatic heterocycles. The molecule has 8 N–H and O–H groups in total. The van der Waals surface area contributed by atoms with Crippen LogP contribution in [-0.4, -0.2) is 118 Å². The number of aliphatic hydroxyl groups excluding tert-OH is 4. The molecule has 0 bridgehead atoms. The first-order valence-corrected chi connectivity index (χ1v) is 15.1. The van der Waals surface area contributed by atoms with Gasteiger partial charge in [0.15, 0.2) is 23.0 Å². The van der Waals surface area contributed by atoms with Gasteiger partial charge in [-0.05, 0) is 12.5 Å². The highest BCUT2D eigenvalue weighted by Crippen LogP contribution is 2.46. The van der Waals surface area contributed by atoms with Crippen LogP contribution >= 0.6 is 0 Å². The number of carboxylic acid groups (broad SMARTS) is 1. The van der Waals surface area contributed by atoms with Gasteiger partial charge in [0.1, 0.15) is 36.6 Å². The smallest absolute Gasteiger partial charge is 0.342 e. The number of phenolic OH excluding ortho intramolecular Hbond substituents is 2. The number of carbonyl (C=O) groups excluding carboxylic acids is 1. The van der Waals surface area contributed by atoms with Crippen LogP contribution in [0.1, 0.15) is 33.2 Å². The predicted octanol–water partition coefficient (Wildman–Crippen LogP) is 1.27. The van der Waals surface area contributed by atoms with Crippen molar-refractivity contribution in [1.82, 2.24) is 0 Å². The summed E-state index contributed by atoms with van der Waals surface area (Å²) < 4.78 is 32.7. The van der Waals surface area contributed by atoms with Crippen molar-refractivity contribution in [3.05, 3.63) is 65.2 Å². The second-order valence-corrected chi connectivity index (χ2v) is 11.0. The van der Waals surface area contributed by atoms with E-state index in [1.54, 1.807) is 6.92 Å². The molecule has 0 aliphatic carbocycles. The van der Waals surface area contributed by atoms with Gasteiger partial charge < -0.3 is 69.5 Å². The number of nitrogens with one attached hydrogen (secondary N) is 1. The second-order valence-electron chi connectivity index (χ2n) is 11.0. The normalized spacial score (nSPS) is 20.9. The number of anilines is 1. The Labute approximate surface area is 280 Å². The molecule has 4 rings (SSSR count). The molecule has 266 valence electrons. The van der Waals surface area contributed by atoms with Crippen LogP contribution in [0.4, 0.5) is 5.69 Å². The number of hydrogen-bond donors (Lipinski definition) is 8. The van der Waals surface area contributed by atoms with Gasteiger partial charge in [-0.15, -0.1) is 0 Å². The summed E-state index contributed by atoms with van der Waals surface area (Å²) in [5, 5.41) is 75.2. The zero-order chi connectivity index (χ0) is 35.8. The van der Waals surface area contributed by atoms with Gasteiger partial charge >= 0.3 is 11.9 Å². The lowest BCUT2D eigenvalue weighted by molar-refractivity contribution is -0.277. The molecule has 16 heteroatoms. The molecule has 0 saturated carbocycles. The number of rotatable bonds is 15. The molecular formula is C33H39NO15. The molecule has 0 radical (unpaired) electrons. The molecule has 1 aliphatic heterocycles. The number of phenols is 2. The van der Waals surface area contributed by atoms with Gasteiger partial charge in [-0.2, -0.15) is 0 Å². The van der Waals surface area contributed by atoms with Crippen LogP contribution in [-0.2, 0) is 15.9 Å². The Kier molecular flexibility index (Phi) is 12.3. The first-order chi connectivity index (χ1) is 23.4. The topological polar surface area (TPSA) is 243 Å². The van der Waals surface area contributed by atoms with Crippen molar-refractivity contribution in [2.45, 2.75) is 50.1 Å². The molecule has 1 saturated heterocycles. The minimum absolute atomic E-state index is 0.0261. The van der Waals surface area contributed by atoms with Crippen molar-refractivity contribution in [3.63, 3.8) is 0 Å². The summed E-state index contributed by atoms with van der Waals surface area (Å²) >= 11 is 0. The molecule has 0 spiro atoms. The highest BCUT2D eigenvalue weighted by molar-refractivity contribution is 5.96. The zero-order valence-corrected chi connectivity index (χ0v) is 26.8. The van der Waals surface area contributed by atoms with E-state index in [9.17, 15) is 45.3 Å². The highest BCUT2D eigenvalue weighted by Gasteiger charge is 2.46. The number of benzene rings is 3. The zero-order valence-electron chi connectivity index (χ0n) is 26.8. The van der Waals surface area contributed by atoms with Crippen molar-refractivity contribution >= 4 is 17.6 Å². The van der Waals surface area contributed by atoms with Gasteiger partial charge in [-0.25, -0.2) is 9.59 Å². The average Bonchev–Trinajstić information content (AvgIpc) is 3.09. The van der Waals surface area contributed by atoms with Gasteiger partial charge in [0.2, 0.25) is 17.8 Å². The molecule has 16 nitrogen and oxygen atoms in total. The van der Waals surface area contributed by atoms with Gasteiger partial charge in [0.25, 0.3) is 0 Å². The summed E-state index contributed by atoms with van der Waals surface area (Å²) in [5.74, 6) is -4.59. The SMILES string of the molecule is COc1cc(C(=O)O)c(NC(C)CO)cc1OC1OC(COC(=O)c2cc(OC)c(O)c(OCCc3ccccc3)c2O)C(O)C(O)C1O. The number of ether oxygens (including phenoxy) is 6. The molecule has 6 unspecified atom stereocenters. The van der Waals surface area contributed by atoms with E-state index in [0.29, 0.717) is 6.42 Å². The Morgan fingerprint density at radius 1 is 0.898 bits per heavy atom. The maximum Gasteiger partial charge on any atom is 0.342 e. The Balaban J connectivity index is 1.51. The molecular weight excluding hydrogens is 650 g/mol. The summed E-state index contributed by atoms with van der Waals surface area (Å²) in [5.41, 5.74) is 0.291. The van der Waals surface area contributed by atoms with Crippen molar-refractivity contribution in [3.8, 4) is 34.5 Å². The number of carbonyl (C=O) groups is 2. The molecule has 1 aliphatic rings. The Morgan fingerprint density at radius 3 is 2.20 bits per heavy atom. The molecule has 6 atom stereocenters. The number of hydrogen-bond acceptors (Lipinski definition) is 15. The van der Waals surface area contributed by atoms with E-state index in [4.69, 9.17) is 28.4 Å². The molecule has 3 aromatic carbocycles. The van der Waals surface area contributed by atoms with Crippen LogP contribution in [0.3, 0.4) is 0 Å². The van der Waals surface area contributed by atoms with Crippen LogP contribution < -0.4 is 24.3 Å². The summed E-state index contributed by atoms with van der Waals surface area (Å²) in [6.07, 6.45) is -8.22. The predicted molar refractivity (Wildman–Crippen MR) is 170 cm³/mol. The summed E-state index contributed by atoms with van der Waals surface area (Å²) in [4.78, 5) is 25.0. The molecule has 49 heavy (non-hydrogen) atoms. The average molecular weight is 690 g/mol. The molecule has 1 heterocycles. The van der Waals surface area contributed by atoms with E-state index in [1.165, 1.54) is 20.3 Å². The summed E-state index contributed by atoms with van der Waals surface area (Å²) in [6.45, 7) is 0.583. The Hall–Kier alpha value is -5.00. The fourth-order valence-corrected chi connectivity index (χ4v) is 4.91. The van der Waals surface area contributed by atoms with Crippen molar-refractivity contribution < 1.29 is 73.8 Å². The van der Waals surface area contributed by atoms with Gasteiger partial charge in [0.05, 0.1) is 38.7 Å². The first-order valence-electron chi connectivity index (χ1n) is 15.1. The minimum Gasteiger partial charge on any atom is -0.504 e. The largest absolute Gasteiger partial charge is 0.504 e. The fraction of sp³-hybridized carbons (Fsp3) is 0.394. The van der Waals surface area contributed by atoms with Crippen molar-refractivity contribution in [2.75, 3.05) is 39.4 Å². The number of carboxylic acids is 1. The second kappa shape index (κ2) is 16.4. The van der Waals surface area contributed by atoms with Gasteiger partial charge in [-0.3, -0.25) is 0 Å². The number of methoxy groups -OCH3 is 2. The van der Waals surface area contributed by atoms with E-state index >= 15 is 0 Å². The number of aromatic carboxylic acids is 1. The fourth-order valence-electron chi connectivity index (χ4n) is 4.91. The Bertz CT molecular complexity index is 1600. The monoisotopic (exact) mass is 689 g/mol. The van der Waals surface area contributed by atoms with Crippen molar-refractivity contribution in [2.24, 2.45) is 0 Å². The van der Waals surface area contributed by atoms with Gasteiger partial charge in [-0.1, -0.05) is 30.3 Å². The van der Waals surface area contributed by atoms with Crippen LogP contribution in [0, 0.1) is 0 Å². The van der Waals surface area contributed by atoms with Crippen LogP contribution in [0.2, 0.25) is 0 Å². The molecule has 1 fully saturated rings. The third-order valence-electron chi connectivity index (χ3n) is 7.61. The van der Waals surface area contributed by atoms with Gasteiger partial charge in [0, 0.05) is 30.7 Å². The third kappa shape index (κ3) is 8.54. The lowest BCUT2D eigenvalue weighted by Crippen LogP contribution is -2.60. The first kappa shape index (κ1) is 36.8. The highest BCUT2D eigenvalue weighted by atomic mass is 16.7. The number of esters is 1. The summed E-state index contributed by atoms with van der Waals surface area (Å²) in [7, 11) is 2.47. The molecule has 0 amide bonds. The maximum atomic E-state index is 13.1. The van der Waals surface area contributed by atoms with Crippen molar-refractivity contribution in [1.29, 1.82) is 0 Å². The van der Waals surface area contributed by atoms with E-state index < -0.39 is 78.1 Å². The third-order valence-corrected chi connectivity index (χ3v) is 7.61. The van der Waals surface area contributed by atoms with Crippen LogP contribution in [0.5, 0.6) is 34.5 Å². The number of aliphatic hydroxyl groups is 4. The van der Waals surface area contributed by atoms with E-state index in [1.807, 2.05) is 30.3 Å². The lowest BCUT2D eigenvalue weighted by atomic mass is 9.99. The minimum atomic E-state index is -1.86. The van der Waals surface area contributed by atoms with E-state index in [-0.39, 0.29) is 41.7 Å².